The number of hydrogen-bond donors (Lipinski definition) is 1. The highest BCUT2D eigenvalue weighted by atomic mass is 32.2. The zero-order valence-electron chi connectivity index (χ0n) is 13.6. The maximum atomic E-state index is 12.3. The van der Waals surface area contributed by atoms with Gasteiger partial charge < -0.3 is 0 Å². The number of nitrogens with zero attached hydrogens (tertiary/aromatic N) is 2. The van der Waals surface area contributed by atoms with Gasteiger partial charge in [0.05, 0.1) is 10.9 Å². The molecule has 1 aromatic heterocycles. The Morgan fingerprint density at radius 1 is 1.12 bits per heavy atom. The van der Waals surface area contributed by atoms with Gasteiger partial charge in [0.25, 0.3) is 15.9 Å². The van der Waals surface area contributed by atoms with Crippen LogP contribution >= 0.6 is 0 Å². The SMILES string of the molecule is Cc1ccc(S(=O)(=O)NC(=O)c2ccn(C3CCCCC3)n2)cc1. The summed E-state index contributed by atoms with van der Waals surface area (Å²) < 4.78 is 28.4. The van der Waals surface area contributed by atoms with Crippen LogP contribution in [0.15, 0.2) is 41.4 Å². The second kappa shape index (κ2) is 6.76. The summed E-state index contributed by atoms with van der Waals surface area (Å²) in [6, 6.07) is 8.20. The number of sulfonamides is 1. The number of aromatic nitrogens is 2. The van der Waals surface area contributed by atoms with Crippen molar-refractivity contribution in [3.05, 3.63) is 47.8 Å². The van der Waals surface area contributed by atoms with Gasteiger partial charge in [0.2, 0.25) is 0 Å². The fourth-order valence-electron chi connectivity index (χ4n) is 2.96. The van der Waals surface area contributed by atoms with Gasteiger partial charge in [0.15, 0.2) is 5.69 Å². The standard InChI is InChI=1S/C17H21N3O3S/c1-13-7-9-15(10-8-13)24(22,23)19-17(21)16-11-12-20(18-16)14-5-3-2-4-6-14/h7-12,14H,2-6H2,1H3,(H,19,21). The van der Waals surface area contributed by atoms with Crippen molar-refractivity contribution in [3.8, 4) is 0 Å². The molecule has 0 saturated heterocycles. The van der Waals surface area contributed by atoms with Crippen molar-refractivity contribution < 1.29 is 13.2 Å². The first kappa shape index (κ1) is 16.7. The number of amides is 1. The number of benzene rings is 1. The quantitative estimate of drug-likeness (QED) is 0.922. The Morgan fingerprint density at radius 2 is 1.79 bits per heavy atom. The topological polar surface area (TPSA) is 81.1 Å². The minimum Gasteiger partial charge on any atom is -0.269 e. The summed E-state index contributed by atoms with van der Waals surface area (Å²) in [5.41, 5.74) is 1.07. The molecular weight excluding hydrogens is 326 g/mol. The van der Waals surface area contributed by atoms with Gasteiger partial charge in [-0.25, -0.2) is 13.1 Å². The summed E-state index contributed by atoms with van der Waals surface area (Å²) in [5.74, 6) is -0.704. The molecule has 0 atom stereocenters. The third-order valence-electron chi connectivity index (χ3n) is 4.35. The molecule has 2 aromatic rings. The predicted molar refractivity (Wildman–Crippen MR) is 90.2 cm³/mol. The van der Waals surface area contributed by atoms with E-state index in [0.717, 1.165) is 31.2 Å². The van der Waals surface area contributed by atoms with E-state index in [-0.39, 0.29) is 10.6 Å². The summed E-state index contributed by atoms with van der Waals surface area (Å²) in [7, 11) is -3.89. The maximum Gasteiger partial charge on any atom is 0.285 e. The molecule has 3 rings (SSSR count). The third-order valence-corrected chi connectivity index (χ3v) is 5.70. The zero-order chi connectivity index (χ0) is 17.2. The Bertz CT molecular complexity index is 819. The van der Waals surface area contributed by atoms with Crippen molar-refractivity contribution in [1.29, 1.82) is 0 Å². The van der Waals surface area contributed by atoms with Crippen LogP contribution in [0.4, 0.5) is 0 Å². The summed E-state index contributed by atoms with van der Waals surface area (Å²) in [6.45, 7) is 1.87. The lowest BCUT2D eigenvalue weighted by Gasteiger charge is -2.21. The first-order chi connectivity index (χ1) is 11.5. The molecule has 1 saturated carbocycles. The van der Waals surface area contributed by atoms with E-state index in [1.807, 2.05) is 6.92 Å². The molecule has 6 nitrogen and oxygen atoms in total. The molecule has 1 fully saturated rings. The van der Waals surface area contributed by atoms with Crippen LogP contribution in [-0.4, -0.2) is 24.1 Å². The fraction of sp³-hybridized carbons (Fsp3) is 0.412. The smallest absolute Gasteiger partial charge is 0.269 e. The number of hydrogen-bond acceptors (Lipinski definition) is 4. The highest BCUT2D eigenvalue weighted by Gasteiger charge is 2.22. The van der Waals surface area contributed by atoms with Crippen LogP contribution in [0.5, 0.6) is 0 Å². The molecule has 128 valence electrons. The number of rotatable bonds is 4. The van der Waals surface area contributed by atoms with Crippen LogP contribution < -0.4 is 4.72 Å². The fourth-order valence-corrected chi connectivity index (χ4v) is 3.92. The first-order valence-electron chi connectivity index (χ1n) is 8.15. The normalized spacial score (nSPS) is 16.0. The molecule has 0 aliphatic heterocycles. The summed E-state index contributed by atoms with van der Waals surface area (Å²) in [6.07, 6.45) is 7.40. The van der Waals surface area contributed by atoms with Crippen LogP contribution in [0.1, 0.15) is 54.2 Å². The van der Waals surface area contributed by atoms with Crippen molar-refractivity contribution in [3.63, 3.8) is 0 Å². The highest BCUT2D eigenvalue weighted by Crippen LogP contribution is 2.27. The van der Waals surface area contributed by atoms with Crippen molar-refractivity contribution in [2.24, 2.45) is 0 Å². The molecule has 0 radical (unpaired) electrons. The second-order valence-corrected chi connectivity index (χ2v) is 7.90. The maximum absolute atomic E-state index is 12.3. The Morgan fingerprint density at radius 3 is 2.46 bits per heavy atom. The molecule has 1 N–H and O–H groups in total. The lowest BCUT2D eigenvalue weighted by molar-refractivity contribution is 0.0975. The summed E-state index contributed by atoms with van der Waals surface area (Å²) >= 11 is 0. The number of nitrogens with one attached hydrogen (secondary N) is 1. The van der Waals surface area contributed by atoms with Gasteiger partial charge in [-0.15, -0.1) is 0 Å². The van der Waals surface area contributed by atoms with E-state index in [9.17, 15) is 13.2 Å². The van der Waals surface area contributed by atoms with E-state index in [2.05, 4.69) is 9.82 Å². The van der Waals surface area contributed by atoms with Gasteiger partial charge in [-0.2, -0.15) is 5.10 Å². The Balaban J connectivity index is 1.72. The summed E-state index contributed by atoms with van der Waals surface area (Å²) in [4.78, 5) is 12.3. The van der Waals surface area contributed by atoms with Crippen LogP contribution in [-0.2, 0) is 10.0 Å². The van der Waals surface area contributed by atoms with E-state index < -0.39 is 15.9 Å². The van der Waals surface area contributed by atoms with Gasteiger partial charge >= 0.3 is 0 Å². The highest BCUT2D eigenvalue weighted by molar-refractivity contribution is 7.90. The molecular formula is C17H21N3O3S. The van der Waals surface area contributed by atoms with E-state index in [1.54, 1.807) is 29.1 Å². The number of aryl methyl sites for hydroxylation is 1. The van der Waals surface area contributed by atoms with Crippen LogP contribution in [0, 0.1) is 6.92 Å². The van der Waals surface area contributed by atoms with E-state index in [0.29, 0.717) is 6.04 Å². The Hall–Kier alpha value is -2.15. The minimum atomic E-state index is -3.89. The van der Waals surface area contributed by atoms with E-state index in [4.69, 9.17) is 0 Å². The molecule has 1 aliphatic carbocycles. The lowest BCUT2D eigenvalue weighted by Crippen LogP contribution is -2.31. The molecule has 0 unspecified atom stereocenters. The first-order valence-corrected chi connectivity index (χ1v) is 9.63. The van der Waals surface area contributed by atoms with E-state index >= 15 is 0 Å². The third kappa shape index (κ3) is 3.67. The molecule has 1 heterocycles. The van der Waals surface area contributed by atoms with Gasteiger partial charge in [0.1, 0.15) is 0 Å². The van der Waals surface area contributed by atoms with Crippen LogP contribution in [0.3, 0.4) is 0 Å². The Kier molecular flexibility index (Phi) is 4.71. The monoisotopic (exact) mass is 347 g/mol. The van der Waals surface area contributed by atoms with Gasteiger partial charge in [-0.1, -0.05) is 37.0 Å². The average Bonchev–Trinajstić information content (AvgIpc) is 3.06. The van der Waals surface area contributed by atoms with E-state index in [1.165, 1.54) is 18.6 Å². The largest absolute Gasteiger partial charge is 0.285 e. The predicted octanol–water partition coefficient (Wildman–Crippen LogP) is 2.82. The lowest BCUT2D eigenvalue weighted by atomic mass is 9.96. The number of carbonyl (C=O) groups is 1. The molecule has 24 heavy (non-hydrogen) atoms. The van der Waals surface area contributed by atoms with Crippen molar-refractivity contribution in [2.45, 2.75) is 50.0 Å². The molecule has 7 heteroatoms. The van der Waals surface area contributed by atoms with Crippen LogP contribution in [0.2, 0.25) is 0 Å². The minimum absolute atomic E-state index is 0.0631. The van der Waals surface area contributed by atoms with Crippen molar-refractivity contribution in [1.82, 2.24) is 14.5 Å². The Labute approximate surface area is 141 Å². The number of carbonyl (C=O) groups excluding carboxylic acids is 1. The molecule has 0 spiro atoms. The van der Waals surface area contributed by atoms with Crippen molar-refractivity contribution >= 4 is 15.9 Å². The van der Waals surface area contributed by atoms with Gasteiger partial charge in [-0.05, 0) is 38.0 Å². The molecule has 0 bridgehead atoms. The zero-order valence-corrected chi connectivity index (χ0v) is 14.4. The average molecular weight is 347 g/mol. The van der Waals surface area contributed by atoms with Crippen LogP contribution in [0.25, 0.3) is 0 Å². The molecule has 1 aliphatic rings. The van der Waals surface area contributed by atoms with Crippen molar-refractivity contribution in [2.75, 3.05) is 0 Å². The molecule has 1 amide bonds. The van der Waals surface area contributed by atoms with Gasteiger partial charge in [0, 0.05) is 6.20 Å². The molecule has 1 aromatic carbocycles. The van der Waals surface area contributed by atoms with Gasteiger partial charge in [-0.3, -0.25) is 9.48 Å². The second-order valence-electron chi connectivity index (χ2n) is 6.22. The summed E-state index contributed by atoms with van der Waals surface area (Å²) in [5, 5.41) is 4.27.